The molecular formula is C26H18N4O. The van der Waals surface area contributed by atoms with Gasteiger partial charge in [0, 0.05) is 5.56 Å². The van der Waals surface area contributed by atoms with E-state index >= 15 is 0 Å². The summed E-state index contributed by atoms with van der Waals surface area (Å²) in [4.78, 5) is 9.15. The van der Waals surface area contributed by atoms with Gasteiger partial charge in [-0.25, -0.2) is 9.97 Å². The van der Waals surface area contributed by atoms with Crippen molar-refractivity contribution < 1.29 is 5.11 Å². The summed E-state index contributed by atoms with van der Waals surface area (Å²) in [7, 11) is 0. The van der Waals surface area contributed by atoms with Crippen molar-refractivity contribution in [3.63, 3.8) is 0 Å². The summed E-state index contributed by atoms with van der Waals surface area (Å²) in [6, 6.07) is 29.8. The van der Waals surface area contributed by atoms with Crippen molar-refractivity contribution in [2.75, 3.05) is 0 Å². The minimum absolute atomic E-state index is 0.176. The van der Waals surface area contributed by atoms with Gasteiger partial charge >= 0.3 is 0 Å². The summed E-state index contributed by atoms with van der Waals surface area (Å²) in [5.41, 5.74) is 7.22. The van der Waals surface area contributed by atoms with E-state index in [2.05, 4.69) is 22.1 Å². The first-order valence-electron chi connectivity index (χ1n) is 10.1. The topological polar surface area (TPSA) is 55.9 Å². The number of imidazole rings is 2. The van der Waals surface area contributed by atoms with Crippen molar-refractivity contribution in [2.24, 2.45) is 0 Å². The van der Waals surface area contributed by atoms with Crippen LogP contribution in [0.25, 0.3) is 44.6 Å². The predicted octanol–water partition coefficient (Wildman–Crippen LogP) is 5.74. The Morgan fingerprint density at radius 2 is 1.10 bits per heavy atom. The molecule has 0 fully saturated rings. The molecule has 0 aliphatic heterocycles. The Morgan fingerprint density at radius 3 is 1.74 bits per heavy atom. The lowest BCUT2D eigenvalue weighted by Crippen LogP contribution is -2.04. The number of rotatable bonds is 3. The summed E-state index contributed by atoms with van der Waals surface area (Å²) < 4.78 is 3.99. The summed E-state index contributed by atoms with van der Waals surface area (Å²) >= 11 is 0. The van der Waals surface area contributed by atoms with E-state index in [9.17, 15) is 5.11 Å². The zero-order valence-electron chi connectivity index (χ0n) is 16.6. The largest absolute Gasteiger partial charge is 0.506 e. The summed E-state index contributed by atoms with van der Waals surface area (Å²) in [5.74, 6) is 0.176. The van der Waals surface area contributed by atoms with Crippen LogP contribution >= 0.6 is 0 Å². The van der Waals surface area contributed by atoms with Crippen molar-refractivity contribution >= 4 is 22.1 Å². The molecule has 2 aromatic heterocycles. The lowest BCUT2D eigenvalue weighted by molar-refractivity contribution is 0.472. The van der Waals surface area contributed by atoms with Crippen LogP contribution in [0.3, 0.4) is 0 Å². The minimum atomic E-state index is 0.176. The van der Waals surface area contributed by atoms with Crippen molar-refractivity contribution in [3.8, 4) is 28.3 Å². The van der Waals surface area contributed by atoms with Gasteiger partial charge in [0.2, 0.25) is 0 Å². The molecule has 5 heteroatoms. The molecule has 6 aromatic rings. The first-order valence-corrected chi connectivity index (χ1v) is 10.1. The number of fused-ring (bicyclic) bond motifs is 2. The molecule has 0 bridgehead atoms. The van der Waals surface area contributed by atoms with Gasteiger partial charge in [0.1, 0.15) is 24.1 Å². The van der Waals surface area contributed by atoms with E-state index in [1.54, 1.807) is 12.4 Å². The van der Waals surface area contributed by atoms with Crippen LogP contribution in [0.1, 0.15) is 0 Å². The van der Waals surface area contributed by atoms with Crippen molar-refractivity contribution in [1.29, 1.82) is 0 Å². The maximum absolute atomic E-state index is 11.1. The molecular weight excluding hydrogens is 384 g/mol. The van der Waals surface area contributed by atoms with Crippen LogP contribution in [0.15, 0.2) is 104 Å². The van der Waals surface area contributed by atoms with Crippen LogP contribution in [0.5, 0.6) is 5.75 Å². The van der Waals surface area contributed by atoms with Gasteiger partial charge < -0.3 is 5.11 Å². The van der Waals surface area contributed by atoms with E-state index < -0.39 is 0 Å². The number of nitrogens with zero attached hydrogens (tertiary/aromatic N) is 4. The van der Waals surface area contributed by atoms with Crippen LogP contribution in [-0.2, 0) is 0 Å². The Balaban J connectivity index is 1.76. The standard InChI is InChI=1S/C26H18N4O/c31-24-15-14-19(18-8-2-1-3-9-18)25(29-16-27-20-10-4-6-12-22(20)29)26(24)30-17-28-21-11-5-7-13-23(21)30/h1-17,31H. The van der Waals surface area contributed by atoms with Gasteiger partial charge in [0.25, 0.3) is 0 Å². The molecule has 148 valence electrons. The number of hydrogen-bond acceptors (Lipinski definition) is 3. The molecule has 1 N–H and O–H groups in total. The normalized spacial score (nSPS) is 11.4. The van der Waals surface area contributed by atoms with E-state index in [-0.39, 0.29) is 5.75 Å². The molecule has 0 aliphatic carbocycles. The second kappa shape index (κ2) is 6.85. The molecule has 6 rings (SSSR count). The fraction of sp³-hybridized carbons (Fsp3) is 0. The monoisotopic (exact) mass is 402 g/mol. The molecule has 5 nitrogen and oxygen atoms in total. The lowest BCUT2D eigenvalue weighted by Gasteiger charge is -2.19. The van der Waals surface area contributed by atoms with Gasteiger partial charge in [-0.1, -0.05) is 54.6 Å². The Morgan fingerprint density at radius 1 is 0.548 bits per heavy atom. The summed E-state index contributed by atoms with van der Waals surface area (Å²) in [6.07, 6.45) is 3.58. The highest BCUT2D eigenvalue weighted by atomic mass is 16.3. The molecule has 0 saturated carbocycles. The lowest BCUT2D eigenvalue weighted by atomic mass is 10.0. The fourth-order valence-corrected chi connectivity index (χ4v) is 4.18. The summed E-state index contributed by atoms with van der Waals surface area (Å²) in [6.45, 7) is 0. The van der Waals surface area contributed by atoms with E-state index in [1.165, 1.54) is 0 Å². The average molecular weight is 402 g/mol. The highest BCUT2D eigenvalue weighted by Gasteiger charge is 2.21. The molecule has 0 spiro atoms. The van der Waals surface area contributed by atoms with Crippen molar-refractivity contribution in [1.82, 2.24) is 19.1 Å². The molecule has 31 heavy (non-hydrogen) atoms. The third-order valence-corrected chi connectivity index (χ3v) is 5.60. The average Bonchev–Trinajstić information content (AvgIpc) is 3.44. The molecule has 0 saturated heterocycles. The third kappa shape index (κ3) is 2.71. The van der Waals surface area contributed by atoms with Crippen LogP contribution in [0.2, 0.25) is 0 Å². The van der Waals surface area contributed by atoms with E-state index in [1.807, 2.05) is 88.3 Å². The highest BCUT2D eigenvalue weighted by Crippen LogP contribution is 2.39. The van der Waals surface area contributed by atoms with Gasteiger partial charge in [0.15, 0.2) is 0 Å². The highest BCUT2D eigenvalue weighted by molar-refractivity contribution is 5.88. The summed E-state index contributed by atoms with van der Waals surface area (Å²) in [5, 5.41) is 11.1. The zero-order chi connectivity index (χ0) is 20.8. The second-order valence-corrected chi connectivity index (χ2v) is 7.40. The molecule has 0 radical (unpaired) electrons. The number of phenols is 1. The van der Waals surface area contributed by atoms with E-state index in [0.717, 1.165) is 38.9 Å². The van der Waals surface area contributed by atoms with Gasteiger partial charge in [-0.15, -0.1) is 0 Å². The number of hydrogen-bond donors (Lipinski definition) is 1. The maximum atomic E-state index is 11.1. The predicted molar refractivity (Wildman–Crippen MR) is 123 cm³/mol. The number of aromatic nitrogens is 4. The SMILES string of the molecule is Oc1ccc(-c2ccccc2)c(-n2cnc3ccccc32)c1-n1cnc2ccccc21. The molecule has 0 aliphatic rings. The van der Waals surface area contributed by atoms with Gasteiger partial charge in [-0.2, -0.15) is 0 Å². The Labute approximate surface area is 178 Å². The number of benzene rings is 4. The van der Waals surface area contributed by atoms with Crippen LogP contribution in [-0.4, -0.2) is 24.2 Å². The quantitative estimate of drug-likeness (QED) is 0.411. The zero-order valence-corrected chi connectivity index (χ0v) is 16.6. The van der Waals surface area contributed by atoms with Crippen LogP contribution < -0.4 is 0 Å². The number of aromatic hydroxyl groups is 1. The Kier molecular flexibility index (Phi) is 3.86. The minimum Gasteiger partial charge on any atom is -0.506 e. The smallest absolute Gasteiger partial charge is 0.141 e. The molecule has 2 heterocycles. The van der Waals surface area contributed by atoms with Crippen molar-refractivity contribution in [3.05, 3.63) is 104 Å². The van der Waals surface area contributed by atoms with E-state index in [4.69, 9.17) is 0 Å². The Bertz CT molecular complexity index is 1550. The van der Waals surface area contributed by atoms with Gasteiger partial charge in [-0.3, -0.25) is 9.13 Å². The van der Waals surface area contributed by atoms with Gasteiger partial charge in [0.05, 0.1) is 27.8 Å². The van der Waals surface area contributed by atoms with Crippen molar-refractivity contribution in [2.45, 2.75) is 0 Å². The fourth-order valence-electron chi connectivity index (χ4n) is 4.18. The molecule has 0 amide bonds. The molecule has 0 atom stereocenters. The first kappa shape index (κ1) is 17.5. The number of para-hydroxylation sites is 4. The second-order valence-electron chi connectivity index (χ2n) is 7.40. The first-order chi connectivity index (χ1) is 15.3. The Hall–Kier alpha value is -4.38. The van der Waals surface area contributed by atoms with Crippen LogP contribution in [0, 0.1) is 0 Å². The molecule has 4 aromatic carbocycles. The number of phenolic OH excluding ortho intramolecular Hbond substituents is 1. The van der Waals surface area contributed by atoms with E-state index in [0.29, 0.717) is 5.69 Å². The van der Waals surface area contributed by atoms with Gasteiger partial charge in [-0.05, 0) is 42.0 Å². The third-order valence-electron chi connectivity index (χ3n) is 5.60. The molecule has 0 unspecified atom stereocenters. The van der Waals surface area contributed by atoms with Crippen LogP contribution in [0.4, 0.5) is 0 Å². The maximum Gasteiger partial charge on any atom is 0.141 e.